The first-order chi connectivity index (χ1) is 12.0. The van der Waals surface area contributed by atoms with Gasteiger partial charge in [-0.1, -0.05) is 17.3 Å². The molecular weight excluding hydrogens is 316 g/mol. The number of nitrogens with zero attached hydrogens (tertiary/aromatic N) is 3. The number of rotatable bonds is 5. The van der Waals surface area contributed by atoms with Crippen LogP contribution in [0.15, 0.2) is 28.8 Å². The lowest BCUT2D eigenvalue weighted by atomic mass is 10.1. The van der Waals surface area contributed by atoms with Crippen LogP contribution in [-0.4, -0.2) is 53.6 Å². The van der Waals surface area contributed by atoms with E-state index in [1.807, 2.05) is 39.0 Å². The second kappa shape index (κ2) is 7.80. The Morgan fingerprint density at radius 3 is 2.52 bits per heavy atom. The second-order valence-electron chi connectivity index (χ2n) is 6.85. The molecule has 0 spiro atoms. The van der Waals surface area contributed by atoms with Crippen LogP contribution in [0.25, 0.3) is 0 Å². The van der Waals surface area contributed by atoms with E-state index in [0.29, 0.717) is 6.54 Å². The molecule has 1 N–H and O–H groups in total. The molecule has 1 fully saturated rings. The molecule has 0 radical (unpaired) electrons. The van der Waals surface area contributed by atoms with Crippen LogP contribution >= 0.6 is 0 Å². The minimum Gasteiger partial charge on any atom is -0.360 e. The van der Waals surface area contributed by atoms with E-state index in [-0.39, 0.29) is 5.91 Å². The minimum atomic E-state index is 0.0491. The fourth-order valence-electron chi connectivity index (χ4n) is 3.08. The van der Waals surface area contributed by atoms with Crippen LogP contribution in [-0.2, 0) is 11.3 Å². The summed E-state index contributed by atoms with van der Waals surface area (Å²) in [4.78, 5) is 16.9. The molecule has 1 aromatic heterocycles. The fraction of sp³-hybridized carbons (Fsp3) is 0.474. The van der Waals surface area contributed by atoms with Crippen LogP contribution in [0.4, 0.5) is 5.69 Å². The van der Waals surface area contributed by atoms with Gasteiger partial charge in [0.1, 0.15) is 0 Å². The van der Waals surface area contributed by atoms with E-state index in [1.54, 1.807) is 0 Å². The highest BCUT2D eigenvalue weighted by Crippen LogP contribution is 2.16. The molecule has 1 amide bonds. The van der Waals surface area contributed by atoms with Gasteiger partial charge in [0.25, 0.3) is 0 Å². The Hall–Kier alpha value is -2.18. The van der Waals surface area contributed by atoms with Crippen LogP contribution in [0.1, 0.15) is 22.6 Å². The highest BCUT2D eigenvalue weighted by atomic mass is 16.5. The Balaban J connectivity index is 1.45. The standard InChI is InChI=1S/C19H26N4O2/c1-14-4-5-15(2)18(10-14)20-19(24)13-23-8-6-22(7-9-23)12-17-11-16(3)21-25-17/h4-5,10-11H,6-9,12-13H2,1-3H3,(H,20,24). The zero-order valence-corrected chi connectivity index (χ0v) is 15.2. The van der Waals surface area contributed by atoms with Crippen molar-refractivity contribution in [3.8, 4) is 0 Å². The number of anilines is 1. The molecule has 1 aliphatic heterocycles. The average molecular weight is 342 g/mol. The van der Waals surface area contributed by atoms with Crippen LogP contribution in [0, 0.1) is 20.8 Å². The van der Waals surface area contributed by atoms with Crippen molar-refractivity contribution in [3.05, 3.63) is 46.8 Å². The van der Waals surface area contributed by atoms with E-state index in [0.717, 1.165) is 61.0 Å². The third-order valence-electron chi connectivity index (χ3n) is 4.56. The van der Waals surface area contributed by atoms with E-state index >= 15 is 0 Å². The van der Waals surface area contributed by atoms with Gasteiger partial charge in [-0.15, -0.1) is 0 Å². The molecule has 6 heteroatoms. The number of benzene rings is 1. The lowest BCUT2D eigenvalue weighted by Gasteiger charge is -2.33. The molecule has 25 heavy (non-hydrogen) atoms. The van der Waals surface area contributed by atoms with Gasteiger partial charge < -0.3 is 9.84 Å². The van der Waals surface area contributed by atoms with Crippen LogP contribution in [0.3, 0.4) is 0 Å². The van der Waals surface area contributed by atoms with Gasteiger partial charge in [-0.3, -0.25) is 14.6 Å². The smallest absolute Gasteiger partial charge is 0.238 e. The van der Waals surface area contributed by atoms with Gasteiger partial charge in [0.05, 0.1) is 18.8 Å². The van der Waals surface area contributed by atoms with Crippen LogP contribution in [0.5, 0.6) is 0 Å². The van der Waals surface area contributed by atoms with Crippen molar-refractivity contribution >= 4 is 11.6 Å². The van der Waals surface area contributed by atoms with Crippen molar-refractivity contribution in [1.29, 1.82) is 0 Å². The van der Waals surface area contributed by atoms with Crippen molar-refractivity contribution in [1.82, 2.24) is 15.0 Å². The number of aryl methyl sites for hydroxylation is 3. The molecule has 2 aromatic rings. The Morgan fingerprint density at radius 1 is 1.12 bits per heavy atom. The molecule has 1 saturated heterocycles. The van der Waals surface area contributed by atoms with Gasteiger partial charge in [-0.25, -0.2) is 0 Å². The maximum Gasteiger partial charge on any atom is 0.238 e. The quantitative estimate of drug-likeness (QED) is 0.904. The summed E-state index contributed by atoms with van der Waals surface area (Å²) in [5.41, 5.74) is 4.06. The summed E-state index contributed by atoms with van der Waals surface area (Å²) in [5, 5.41) is 6.96. The molecule has 0 unspecified atom stereocenters. The van der Waals surface area contributed by atoms with Crippen LogP contribution in [0.2, 0.25) is 0 Å². The highest BCUT2D eigenvalue weighted by Gasteiger charge is 2.20. The Bertz CT molecular complexity index is 733. The van der Waals surface area contributed by atoms with Crippen molar-refractivity contribution in [3.63, 3.8) is 0 Å². The second-order valence-corrected chi connectivity index (χ2v) is 6.85. The zero-order valence-electron chi connectivity index (χ0n) is 15.2. The topological polar surface area (TPSA) is 61.6 Å². The number of hydrogen-bond donors (Lipinski definition) is 1. The Morgan fingerprint density at radius 2 is 1.84 bits per heavy atom. The van der Waals surface area contributed by atoms with Gasteiger partial charge in [0, 0.05) is 37.9 Å². The third-order valence-corrected chi connectivity index (χ3v) is 4.56. The fourth-order valence-corrected chi connectivity index (χ4v) is 3.08. The maximum atomic E-state index is 12.3. The van der Waals surface area contributed by atoms with Gasteiger partial charge in [-0.2, -0.15) is 0 Å². The molecule has 1 aromatic carbocycles. The van der Waals surface area contributed by atoms with E-state index in [9.17, 15) is 4.79 Å². The highest BCUT2D eigenvalue weighted by molar-refractivity contribution is 5.93. The summed E-state index contributed by atoms with van der Waals surface area (Å²) in [6, 6.07) is 8.09. The Kier molecular flexibility index (Phi) is 5.50. The normalized spacial score (nSPS) is 16.1. The van der Waals surface area contributed by atoms with Gasteiger partial charge in [0.2, 0.25) is 5.91 Å². The van der Waals surface area contributed by atoms with Crippen molar-refractivity contribution in [2.75, 3.05) is 38.0 Å². The molecule has 0 bridgehead atoms. The summed E-state index contributed by atoms with van der Waals surface area (Å²) in [5.74, 6) is 0.951. The SMILES string of the molecule is Cc1ccc(C)c(NC(=O)CN2CCN(Cc3cc(C)no3)CC2)c1. The lowest BCUT2D eigenvalue weighted by molar-refractivity contribution is -0.117. The molecule has 2 heterocycles. The maximum absolute atomic E-state index is 12.3. The molecular formula is C19H26N4O2. The van der Waals surface area contributed by atoms with Gasteiger partial charge in [-0.05, 0) is 38.0 Å². The first kappa shape index (κ1) is 17.6. The zero-order chi connectivity index (χ0) is 17.8. The van der Waals surface area contributed by atoms with Crippen molar-refractivity contribution < 1.29 is 9.32 Å². The van der Waals surface area contributed by atoms with Crippen molar-refractivity contribution in [2.24, 2.45) is 0 Å². The summed E-state index contributed by atoms with van der Waals surface area (Å²) >= 11 is 0. The van der Waals surface area contributed by atoms with Crippen molar-refractivity contribution in [2.45, 2.75) is 27.3 Å². The number of amides is 1. The number of nitrogens with one attached hydrogen (secondary N) is 1. The molecule has 0 atom stereocenters. The molecule has 3 rings (SSSR count). The average Bonchev–Trinajstić information content (AvgIpc) is 2.98. The molecule has 0 saturated carbocycles. The number of aromatic nitrogens is 1. The lowest BCUT2D eigenvalue weighted by Crippen LogP contribution is -2.48. The number of piperazine rings is 1. The third kappa shape index (κ3) is 4.90. The number of hydrogen-bond acceptors (Lipinski definition) is 5. The summed E-state index contributed by atoms with van der Waals surface area (Å²) in [6.07, 6.45) is 0. The monoisotopic (exact) mass is 342 g/mol. The molecule has 6 nitrogen and oxygen atoms in total. The minimum absolute atomic E-state index is 0.0491. The summed E-state index contributed by atoms with van der Waals surface area (Å²) in [6.45, 7) is 10.8. The molecule has 134 valence electrons. The first-order valence-electron chi connectivity index (χ1n) is 8.73. The first-order valence-corrected chi connectivity index (χ1v) is 8.73. The van der Waals surface area contributed by atoms with Gasteiger partial charge in [0.15, 0.2) is 5.76 Å². The number of carbonyl (C=O) groups excluding carboxylic acids is 1. The Labute approximate surface area is 148 Å². The largest absolute Gasteiger partial charge is 0.360 e. The summed E-state index contributed by atoms with van der Waals surface area (Å²) in [7, 11) is 0. The van der Waals surface area contributed by atoms with E-state index in [2.05, 4.69) is 26.3 Å². The predicted octanol–water partition coefficient (Wildman–Crippen LogP) is 2.36. The molecule has 1 aliphatic rings. The number of carbonyl (C=O) groups is 1. The van der Waals surface area contributed by atoms with Gasteiger partial charge >= 0.3 is 0 Å². The van der Waals surface area contributed by atoms with E-state index < -0.39 is 0 Å². The summed E-state index contributed by atoms with van der Waals surface area (Å²) < 4.78 is 5.28. The predicted molar refractivity (Wildman–Crippen MR) is 97.5 cm³/mol. The molecule has 0 aliphatic carbocycles. The van der Waals surface area contributed by atoms with E-state index in [1.165, 1.54) is 0 Å². The van der Waals surface area contributed by atoms with Crippen LogP contribution < -0.4 is 5.32 Å². The van der Waals surface area contributed by atoms with E-state index in [4.69, 9.17) is 4.52 Å².